The van der Waals surface area contributed by atoms with Crippen LogP contribution in [0.2, 0.25) is 0 Å². The molecule has 0 aliphatic heterocycles. The summed E-state index contributed by atoms with van der Waals surface area (Å²) in [5, 5.41) is 0. The van der Waals surface area contributed by atoms with Crippen LogP contribution in [0.25, 0.3) is 0 Å². The Labute approximate surface area is 89.5 Å². The molecule has 84 valence electrons. The predicted molar refractivity (Wildman–Crippen MR) is 57.2 cm³/mol. The summed E-state index contributed by atoms with van der Waals surface area (Å²) in [6.07, 6.45) is 2.81. The fourth-order valence-electron chi connectivity index (χ4n) is 1.12. The van der Waals surface area contributed by atoms with Gasteiger partial charge >= 0.3 is 0 Å². The maximum Gasteiger partial charge on any atom is 0.213 e. The third kappa shape index (κ3) is 3.47. The minimum absolute atomic E-state index is 0.323. The normalized spacial score (nSPS) is 11.5. The zero-order chi connectivity index (χ0) is 11.3. The van der Waals surface area contributed by atoms with Gasteiger partial charge < -0.3 is 10.5 Å². The van der Waals surface area contributed by atoms with Crippen LogP contribution in [0.5, 0.6) is 5.88 Å². The summed E-state index contributed by atoms with van der Waals surface area (Å²) >= 11 is 0. The molecule has 4 heteroatoms. The van der Waals surface area contributed by atoms with Gasteiger partial charge in [0, 0.05) is 11.6 Å². The monoisotopic (exact) mass is 212 g/mol. The second-order valence-electron chi connectivity index (χ2n) is 3.67. The standard InChI is InChI=1S/C11H17FN2O/c1-3-11(13,4-2)8-15-10-6-5-9(12)7-14-10/h5-7H,3-4,8,13H2,1-2H3. The van der Waals surface area contributed by atoms with Crippen LogP contribution in [0.4, 0.5) is 4.39 Å². The molecule has 0 amide bonds. The molecular formula is C11H17FN2O. The van der Waals surface area contributed by atoms with Crippen molar-refractivity contribution in [3.8, 4) is 5.88 Å². The largest absolute Gasteiger partial charge is 0.476 e. The lowest BCUT2D eigenvalue weighted by Gasteiger charge is -2.26. The molecule has 2 N–H and O–H groups in total. The van der Waals surface area contributed by atoms with E-state index in [4.69, 9.17) is 10.5 Å². The first-order valence-corrected chi connectivity index (χ1v) is 5.13. The van der Waals surface area contributed by atoms with Gasteiger partial charge in [-0.1, -0.05) is 13.8 Å². The number of nitrogens with zero attached hydrogens (tertiary/aromatic N) is 1. The quantitative estimate of drug-likeness (QED) is 0.813. The fourth-order valence-corrected chi connectivity index (χ4v) is 1.12. The summed E-state index contributed by atoms with van der Waals surface area (Å²) in [5.41, 5.74) is 5.72. The highest BCUT2D eigenvalue weighted by molar-refractivity contribution is 5.11. The molecule has 1 aromatic heterocycles. The van der Waals surface area contributed by atoms with Gasteiger partial charge in [-0.15, -0.1) is 0 Å². The van der Waals surface area contributed by atoms with E-state index in [-0.39, 0.29) is 11.4 Å². The number of nitrogens with two attached hydrogens (primary N) is 1. The molecule has 0 radical (unpaired) electrons. The van der Waals surface area contributed by atoms with Gasteiger partial charge in [-0.25, -0.2) is 9.37 Å². The number of ether oxygens (including phenoxy) is 1. The van der Waals surface area contributed by atoms with Crippen molar-refractivity contribution in [3.05, 3.63) is 24.1 Å². The molecule has 0 aliphatic rings. The molecule has 0 saturated carbocycles. The van der Waals surface area contributed by atoms with Crippen molar-refractivity contribution < 1.29 is 9.13 Å². The minimum atomic E-state index is -0.368. The summed E-state index contributed by atoms with van der Waals surface area (Å²) in [6, 6.07) is 2.82. The van der Waals surface area contributed by atoms with Gasteiger partial charge in [-0.05, 0) is 18.9 Å². The second kappa shape index (κ2) is 5.07. The van der Waals surface area contributed by atoms with E-state index in [0.29, 0.717) is 12.5 Å². The third-order valence-electron chi connectivity index (χ3n) is 2.62. The minimum Gasteiger partial charge on any atom is -0.476 e. The van der Waals surface area contributed by atoms with Crippen LogP contribution >= 0.6 is 0 Å². The Morgan fingerprint density at radius 2 is 2.07 bits per heavy atom. The maximum atomic E-state index is 12.6. The van der Waals surface area contributed by atoms with Gasteiger partial charge in [0.05, 0.1) is 6.20 Å². The summed E-state index contributed by atoms with van der Waals surface area (Å²) < 4.78 is 18.0. The Morgan fingerprint density at radius 3 is 2.53 bits per heavy atom. The third-order valence-corrected chi connectivity index (χ3v) is 2.62. The molecule has 1 heterocycles. The molecule has 3 nitrogen and oxygen atoms in total. The molecule has 0 unspecified atom stereocenters. The molecule has 0 aromatic carbocycles. The zero-order valence-electron chi connectivity index (χ0n) is 9.16. The van der Waals surface area contributed by atoms with Gasteiger partial charge in [0.2, 0.25) is 5.88 Å². The number of hydrogen-bond donors (Lipinski definition) is 1. The average molecular weight is 212 g/mol. The summed E-state index contributed by atoms with van der Waals surface area (Å²) in [7, 11) is 0. The van der Waals surface area contributed by atoms with Crippen LogP contribution in [0.15, 0.2) is 18.3 Å². The van der Waals surface area contributed by atoms with E-state index in [9.17, 15) is 4.39 Å². The number of halogens is 1. The number of aromatic nitrogens is 1. The molecule has 0 aliphatic carbocycles. The number of pyridine rings is 1. The predicted octanol–water partition coefficient (Wildman–Crippen LogP) is 2.12. The Kier molecular flexibility index (Phi) is 4.03. The molecule has 15 heavy (non-hydrogen) atoms. The number of hydrogen-bond acceptors (Lipinski definition) is 3. The maximum absolute atomic E-state index is 12.6. The van der Waals surface area contributed by atoms with E-state index in [1.54, 1.807) is 0 Å². The van der Waals surface area contributed by atoms with E-state index in [2.05, 4.69) is 4.98 Å². The first-order valence-electron chi connectivity index (χ1n) is 5.13. The lowest BCUT2D eigenvalue weighted by molar-refractivity contribution is 0.200. The van der Waals surface area contributed by atoms with Gasteiger partial charge in [0.15, 0.2) is 0 Å². The second-order valence-corrected chi connectivity index (χ2v) is 3.67. The first kappa shape index (κ1) is 11.9. The molecule has 0 spiro atoms. The molecule has 0 atom stereocenters. The van der Waals surface area contributed by atoms with Crippen LogP contribution in [0.3, 0.4) is 0 Å². The van der Waals surface area contributed by atoms with Crippen molar-refractivity contribution in [2.45, 2.75) is 32.2 Å². The highest BCUT2D eigenvalue weighted by atomic mass is 19.1. The lowest BCUT2D eigenvalue weighted by atomic mass is 9.96. The summed E-state index contributed by atoms with van der Waals surface area (Å²) in [5.74, 6) is 0.0421. The zero-order valence-corrected chi connectivity index (χ0v) is 9.16. The van der Waals surface area contributed by atoms with E-state index in [0.717, 1.165) is 19.0 Å². The molecule has 1 rings (SSSR count). The van der Waals surface area contributed by atoms with Gasteiger partial charge in [0.1, 0.15) is 12.4 Å². The van der Waals surface area contributed by atoms with Crippen molar-refractivity contribution in [3.63, 3.8) is 0 Å². The van der Waals surface area contributed by atoms with Crippen LogP contribution < -0.4 is 10.5 Å². The Bertz CT molecular complexity index is 296. The summed E-state index contributed by atoms with van der Waals surface area (Å²) in [6.45, 7) is 4.44. The van der Waals surface area contributed by atoms with Crippen molar-refractivity contribution in [2.24, 2.45) is 5.73 Å². The van der Waals surface area contributed by atoms with Crippen molar-refractivity contribution >= 4 is 0 Å². The fraction of sp³-hybridized carbons (Fsp3) is 0.545. The SMILES string of the molecule is CCC(N)(CC)COc1ccc(F)cn1. The topological polar surface area (TPSA) is 48.1 Å². The Balaban J connectivity index is 2.53. The van der Waals surface area contributed by atoms with E-state index < -0.39 is 0 Å². The van der Waals surface area contributed by atoms with E-state index in [1.807, 2.05) is 13.8 Å². The highest BCUT2D eigenvalue weighted by Crippen LogP contribution is 2.14. The van der Waals surface area contributed by atoms with Crippen molar-refractivity contribution in [2.75, 3.05) is 6.61 Å². The molecule has 0 bridgehead atoms. The molecule has 0 saturated heterocycles. The molecular weight excluding hydrogens is 195 g/mol. The molecule has 0 fully saturated rings. The summed E-state index contributed by atoms with van der Waals surface area (Å²) in [4.78, 5) is 3.80. The smallest absolute Gasteiger partial charge is 0.213 e. The number of rotatable bonds is 5. The van der Waals surface area contributed by atoms with Gasteiger partial charge in [0.25, 0.3) is 0 Å². The van der Waals surface area contributed by atoms with Crippen molar-refractivity contribution in [1.29, 1.82) is 0 Å². The molecule has 1 aromatic rings. The Hall–Kier alpha value is -1.16. The van der Waals surface area contributed by atoms with Crippen LogP contribution in [-0.4, -0.2) is 17.1 Å². The van der Waals surface area contributed by atoms with E-state index >= 15 is 0 Å². The van der Waals surface area contributed by atoms with Crippen LogP contribution in [-0.2, 0) is 0 Å². The first-order chi connectivity index (χ1) is 7.09. The van der Waals surface area contributed by atoms with Crippen molar-refractivity contribution in [1.82, 2.24) is 4.98 Å². The van der Waals surface area contributed by atoms with E-state index in [1.165, 1.54) is 12.1 Å². The lowest BCUT2D eigenvalue weighted by Crippen LogP contribution is -2.44. The van der Waals surface area contributed by atoms with Gasteiger partial charge in [-0.3, -0.25) is 0 Å². The average Bonchev–Trinajstić information content (AvgIpc) is 2.28. The van der Waals surface area contributed by atoms with Crippen LogP contribution in [0.1, 0.15) is 26.7 Å². The van der Waals surface area contributed by atoms with Gasteiger partial charge in [-0.2, -0.15) is 0 Å². The Morgan fingerprint density at radius 1 is 1.40 bits per heavy atom. The van der Waals surface area contributed by atoms with Crippen LogP contribution in [0, 0.1) is 5.82 Å². The highest BCUT2D eigenvalue weighted by Gasteiger charge is 2.21.